The molecule has 1 heterocycles. The molecule has 0 spiro atoms. The highest BCUT2D eigenvalue weighted by Crippen LogP contribution is 2.15. The summed E-state index contributed by atoms with van der Waals surface area (Å²) in [5.41, 5.74) is 0. The Balaban J connectivity index is 2.41. The molecule has 17 heavy (non-hydrogen) atoms. The molecule has 1 aromatic heterocycles. The smallest absolute Gasteiger partial charge is 0.208 e. The molecule has 0 aliphatic heterocycles. The van der Waals surface area contributed by atoms with Gasteiger partial charge in [0.15, 0.2) is 0 Å². The van der Waals surface area contributed by atoms with E-state index in [9.17, 15) is 5.11 Å². The van der Waals surface area contributed by atoms with E-state index in [0.29, 0.717) is 31.5 Å². The van der Waals surface area contributed by atoms with Crippen molar-refractivity contribution in [1.82, 2.24) is 9.88 Å². The Labute approximate surface area is 102 Å². The molecule has 0 unspecified atom stereocenters. The van der Waals surface area contributed by atoms with Crippen LogP contribution in [-0.4, -0.2) is 48.4 Å². The largest absolute Gasteiger partial charge is 0.444 e. The lowest BCUT2D eigenvalue weighted by molar-refractivity contribution is 0.0403. The van der Waals surface area contributed by atoms with E-state index >= 15 is 0 Å². The molecule has 0 amide bonds. The number of likely N-dealkylation sites (N-methyl/N-ethyl adjacent to an activating group) is 1. The lowest BCUT2D eigenvalue weighted by Gasteiger charge is -2.18. The summed E-state index contributed by atoms with van der Waals surface area (Å²) in [5, 5.41) is 9.57. The van der Waals surface area contributed by atoms with Crippen molar-refractivity contribution in [2.24, 2.45) is 0 Å². The zero-order valence-corrected chi connectivity index (χ0v) is 11.0. The van der Waals surface area contributed by atoms with E-state index < -0.39 is 6.10 Å². The summed E-state index contributed by atoms with van der Waals surface area (Å²) >= 11 is 0. The second kappa shape index (κ2) is 6.74. The van der Waals surface area contributed by atoms with Gasteiger partial charge in [0, 0.05) is 19.6 Å². The van der Waals surface area contributed by atoms with E-state index in [-0.39, 0.29) is 0 Å². The third-order valence-corrected chi connectivity index (χ3v) is 2.43. The zero-order chi connectivity index (χ0) is 12.8. The van der Waals surface area contributed by atoms with Gasteiger partial charge in [-0.15, -0.1) is 0 Å². The maximum Gasteiger partial charge on any atom is 0.208 e. The normalized spacial score (nSPS) is 13.6. The van der Waals surface area contributed by atoms with Crippen molar-refractivity contribution in [3.05, 3.63) is 17.8 Å². The molecule has 0 saturated carbocycles. The number of nitrogens with zero attached hydrogens (tertiary/aromatic N) is 2. The SMILES string of the molecule is COC[C@H](O)CN(C)Cc1ncc(C(C)C)o1. The fraction of sp³-hybridized carbons (Fsp3) is 0.750. The summed E-state index contributed by atoms with van der Waals surface area (Å²) in [5.74, 6) is 1.92. The fourth-order valence-electron chi connectivity index (χ4n) is 1.56. The van der Waals surface area contributed by atoms with E-state index in [4.69, 9.17) is 9.15 Å². The summed E-state index contributed by atoms with van der Waals surface area (Å²) in [7, 11) is 3.49. The molecular formula is C12H22N2O3. The highest BCUT2D eigenvalue weighted by Gasteiger charge is 2.12. The topological polar surface area (TPSA) is 58.7 Å². The van der Waals surface area contributed by atoms with Crippen molar-refractivity contribution in [2.75, 3.05) is 27.3 Å². The number of aromatic nitrogens is 1. The monoisotopic (exact) mass is 242 g/mol. The van der Waals surface area contributed by atoms with Crippen LogP contribution in [0.1, 0.15) is 31.4 Å². The van der Waals surface area contributed by atoms with Crippen molar-refractivity contribution < 1.29 is 14.3 Å². The van der Waals surface area contributed by atoms with Crippen molar-refractivity contribution in [1.29, 1.82) is 0 Å². The minimum Gasteiger partial charge on any atom is -0.444 e. The van der Waals surface area contributed by atoms with Gasteiger partial charge in [-0.3, -0.25) is 4.90 Å². The van der Waals surface area contributed by atoms with Crippen molar-refractivity contribution >= 4 is 0 Å². The molecule has 0 fully saturated rings. The number of ether oxygens (including phenoxy) is 1. The average Bonchev–Trinajstić information content (AvgIpc) is 2.66. The lowest BCUT2D eigenvalue weighted by Crippen LogP contribution is -2.31. The van der Waals surface area contributed by atoms with Crippen LogP contribution in [-0.2, 0) is 11.3 Å². The molecule has 0 radical (unpaired) electrons. The standard InChI is InChI=1S/C12H22N2O3/c1-9(2)11-5-13-12(17-11)7-14(3)6-10(15)8-16-4/h5,9-10,15H,6-8H2,1-4H3/t10-/m1/s1. The summed E-state index contributed by atoms with van der Waals surface area (Å²) in [6, 6.07) is 0. The predicted molar refractivity (Wildman–Crippen MR) is 64.8 cm³/mol. The second-order valence-electron chi connectivity index (χ2n) is 4.62. The van der Waals surface area contributed by atoms with Crippen LogP contribution < -0.4 is 0 Å². The van der Waals surface area contributed by atoms with E-state index in [0.717, 1.165) is 5.76 Å². The molecule has 1 rings (SSSR count). The molecule has 0 aromatic carbocycles. The Hall–Kier alpha value is -0.910. The van der Waals surface area contributed by atoms with E-state index in [1.54, 1.807) is 13.3 Å². The molecule has 5 heteroatoms. The zero-order valence-electron chi connectivity index (χ0n) is 11.0. The summed E-state index contributed by atoms with van der Waals surface area (Å²) in [6.45, 7) is 5.60. The van der Waals surface area contributed by atoms with E-state index in [2.05, 4.69) is 18.8 Å². The quantitative estimate of drug-likeness (QED) is 0.779. The Morgan fingerprint density at radius 1 is 1.53 bits per heavy atom. The highest BCUT2D eigenvalue weighted by molar-refractivity contribution is 4.98. The maximum atomic E-state index is 9.57. The van der Waals surface area contributed by atoms with Crippen LogP contribution >= 0.6 is 0 Å². The van der Waals surface area contributed by atoms with Crippen molar-refractivity contribution in [2.45, 2.75) is 32.4 Å². The first kappa shape index (κ1) is 14.2. The Kier molecular flexibility index (Phi) is 5.61. The molecule has 1 atom stereocenters. The Morgan fingerprint density at radius 2 is 2.24 bits per heavy atom. The van der Waals surface area contributed by atoms with Crippen LogP contribution in [0.25, 0.3) is 0 Å². The second-order valence-corrected chi connectivity index (χ2v) is 4.62. The molecule has 5 nitrogen and oxygen atoms in total. The van der Waals surface area contributed by atoms with Gasteiger partial charge in [0.05, 0.1) is 25.5 Å². The average molecular weight is 242 g/mol. The lowest BCUT2D eigenvalue weighted by atomic mass is 10.2. The minimum atomic E-state index is -0.482. The van der Waals surface area contributed by atoms with Crippen LogP contribution in [0.15, 0.2) is 10.6 Å². The first-order chi connectivity index (χ1) is 8.02. The number of hydrogen-bond donors (Lipinski definition) is 1. The van der Waals surface area contributed by atoms with Crippen molar-refractivity contribution in [3.8, 4) is 0 Å². The van der Waals surface area contributed by atoms with Gasteiger partial charge in [-0.25, -0.2) is 4.98 Å². The van der Waals surface area contributed by atoms with Gasteiger partial charge < -0.3 is 14.3 Å². The van der Waals surface area contributed by atoms with Gasteiger partial charge in [-0.05, 0) is 7.05 Å². The molecule has 98 valence electrons. The number of oxazole rings is 1. The molecule has 0 saturated heterocycles. The van der Waals surface area contributed by atoms with Gasteiger partial charge in [0.1, 0.15) is 5.76 Å². The third-order valence-electron chi connectivity index (χ3n) is 2.43. The van der Waals surface area contributed by atoms with Gasteiger partial charge >= 0.3 is 0 Å². The highest BCUT2D eigenvalue weighted by atomic mass is 16.5. The number of aliphatic hydroxyl groups excluding tert-OH is 1. The van der Waals surface area contributed by atoms with Crippen molar-refractivity contribution in [3.63, 3.8) is 0 Å². The molecular weight excluding hydrogens is 220 g/mol. The van der Waals surface area contributed by atoms with Crippen LogP contribution in [0.4, 0.5) is 0 Å². The molecule has 0 aliphatic carbocycles. The fourth-order valence-corrected chi connectivity index (χ4v) is 1.56. The summed E-state index contributed by atoms with van der Waals surface area (Å²) < 4.78 is 10.5. The first-order valence-corrected chi connectivity index (χ1v) is 5.83. The van der Waals surface area contributed by atoms with E-state index in [1.807, 2.05) is 11.9 Å². The van der Waals surface area contributed by atoms with E-state index in [1.165, 1.54) is 0 Å². The number of aliphatic hydroxyl groups is 1. The Morgan fingerprint density at radius 3 is 2.76 bits per heavy atom. The molecule has 0 bridgehead atoms. The predicted octanol–water partition coefficient (Wildman–Crippen LogP) is 1.24. The van der Waals surface area contributed by atoms with Gasteiger partial charge in [-0.2, -0.15) is 0 Å². The maximum absolute atomic E-state index is 9.57. The summed E-state index contributed by atoms with van der Waals surface area (Å²) in [6.07, 6.45) is 1.28. The van der Waals surface area contributed by atoms with Gasteiger partial charge in [-0.1, -0.05) is 13.8 Å². The third kappa shape index (κ3) is 4.85. The van der Waals surface area contributed by atoms with Crippen LogP contribution in [0.3, 0.4) is 0 Å². The molecule has 1 N–H and O–H groups in total. The van der Waals surface area contributed by atoms with Crippen LogP contribution in [0, 0.1) is 0 Å². The van der Waals surface area contributed by atoms with Crippen LogP contribution in [0.5, 0.6) is 0 Å². The van der Waals surface area contributed by atoms with Gasteiger partial charge in [0.25, 0.3) is 0 Å². The first-order valence-electron chi connectivity index (χ1n) is 5.83. The van der Waals surface area contributed by atoms with Crippen LogP contribution in [0.2, 0.25) is 0 Å². The summed E-state index contributed by atoms with van der Waals surface area (Å²) in [4.78, 5) is 6.17. The number of hydrogen-bond acceptors (Lipinski definition) is 5. The van der Waals surface area contributed by atoms with Gasteiger partial charge in [0.2, 0.25) is 5.89 Å². The number of rotatable bonds is 7. The molecule has 0 aliphatic rings. The molecule has 1 aromatic rings. The minimum absolute atomic E-state index is 0.340. The number of methoxy groups -OCH3 is 1. The Bertz CT molecular complexity index is 325.